The van der Waals surface area contributed by atoms with E-state index < -0.39 is 50.6 Å². The fraction of sp³-hybridized carbons (Fsp3) is 0.256. The molecule has 19 heteroatoms. The van der Waals surface area contributed by atoms with Crippen LogP contribution >= 0.6 is 7.75 Å². The van der Waals surface area contributed by atoms with E-state index in [9.17, 15) is 14.3 Å². The van der Waals surface area contributed by atoms with Gasteiger partial charge in [-0.1, -0.05) is 78.9 Å². The third-order valence-corrected chi connectivity index (χ3v) is 12.3. The number of hydrogen-bond donors (Lipinski definition) is 2. The molecule has 17 nitrogen and oxygen atoms in total. The number of benzene rings is 4. The molecule has 7 aromatic rings. The van der Waals surface area contributed by atoms with Gasteiger partial charge in [-0.3, -0.25) is 18.9 Å². The van der Waals surface area contributed by atoms with E-state index >= 15 is 0 Å². The second kappa shape index (κ2) is 17.0. The molecule has 0 amide bonds. The van der Waals surface area contributed by atoms with Crippen LogP contribution in [-0.4, -0.2) is 94.1 Å². The van der Waals surface area contributed by atoms with Crippen LogP contribution in [0.1, 0.15) is 28.5 Å². The van der Waals surface area contributed by atoms with E-state index in [0.29, 0.717) is 11.4 Å². The molecule has 3 aromatic heterocycles. The van der Waals surface area contributed by atoms with Gasteiger partial charge in [0.2, 0.25) is 5.95 Å². The molecule has 2 aliphatic rings. The molecular weight excluding hydrogens is 816 g/mol. The van der Waals surface area contributed by atoms with Crippen LogP contribution in [0, 0.1) is 0 Å². The Balaban J connectivity index is 1.00. The van der Waals surface area contributed by atoms with Gasteiger partial charge in [0.15, 0.2) is 17.4 Å². The molecule has 5 heterocycles. The summed E-state index contributed by atoms with van der Waals surface area (Å²) in [5, 5.41) is 0. The van der Waals surface area contributed by atoms with E-state index in [1.165, 1.54) is 25.0 Å². The van der Waals surface area contributed by atoms with Crippen LogP contribution in [0.25, 0.3) is 11.2 Å². The number of H-pyrrole nitrogens is 1. The Hall–Kier alpha value is -6.11. The van der Waals surface area contributed by atoms with E-state index in [-0.39, 0.29) is 24.4 Å². The van der Waals surface area contributed by atoms with Crippen LogP contribution in [-0.2, 0) is 40.1 Å². The quantitative estimate of drug-likeness (QED) is 0.0825. The second-order valence-corrected chi connectivity index (χ2v) is 16.7. The summed E-state index contributed by atoms with van der Waals surface area (Å²) >= 11 is 0. The van der Waals surface area contributed by atoms with E-state index in [0.717, 1.165) is 38.1 Å². The number of rotatable bonds is 15. The number of nitrogens with zero attached hydrogens (tertiary/aromatic N) is 6. The lowest BCUT2D eigenvalue weighted by molar-refractivity contribution is -0.0545. The van der Waals surface area contributed by atoms with Crippen molar-refractivity contribution in [3.05, 3.63) is 161 Å². The Morgan fingerprint density at radius 3 is 2.13 bits per heavy atom. The largest absolute Gasteiger partial charge is 0.497 e. The molecule has 4 aromatic carbocycles. The summed E-state index contributed by atoms with van der Waals surface area (Å²) in [6, 6.07) is 33.5. The van der Waals surface area contributed by atoms with Gasteiger partial charge < -0.3 is 38.0 Å². The molecule has 9 rings (SSSR count). The molecule has 2 fully saturated rings. The third kappa shape index (κ3) is 7.70. The molecule has 0 radical (unpaired) electrons. The first kappa shape index (κ1) is 41.3. The number of imidazole rings is 2. The van der Waals surface area contributed by atoms with Gasteiger partial charge in [-0.2, -0.15) is 4.98 Å². The van der Waals surface area contributed by atoms with Crippen molar-refractivity contribution in [3.63, 3.8) is 0 Å². The average molecular weight is 860 g/mol. The Morgan fingerprint density at radius 1 is 0.871 bits per heavy atom. The zero-order valence-corrected chi connectivity index (χ0v) is 35.1. The number of hydrogen-bond acceptors (Lipinski definition) is 13. The lowest BCUT2D eigenvalue weighted by atomic mass is 9.79. The zero-order valence-electron chi connectivity index (χ0n) is 34.2. The van der Waals surface area contributed by atoms with Crippen LogP contribution < -0.4 is 25.4 Å². The summed E-state index contributed by atoms with van der Waals surface area (Å²) in [5.74, 6) is 1.77. The summed E-state index contributed by atoms with van der Waals surface area (Å²) in [6.07, 6.45) is 2.08. The van der Waals surface area contributed by atoms with Crippen molar-refractivity contribution in [2.45, 2.75) is 36.7 Å². The number of ether oxygens (including phenoxy) is 4. The summed E-state index contributed by atoms with van der Waals surface area (Å²) in [4.78, 5) is 40.9. The fourth-order valence-electron chi connectivity index (χ4n) is 7.84. The van der Waals surface area contributed by atoms with Crippen LogP contribution in [0.3, 0.4) is 0 Å². The number of anilines is 1. The first-order valence-corrected chi connectivity index (χ1v) is 21.2. The maximum Gasteiger partial charge on any atom is 0.494 e. The van der Waals surface area contributed by atoms with Crippen molar-refractivity contribution >= 4 is 37.4 Å². The number of aromatic nitrogens is 6. The number of nitrogens with one attached hydrogen (secondary N) is 1. The Morgan fingerprint density at radius 2 is 1.52 bits per heavy atom. The summed E-state index contributed by atoms with van der Waals surface area (Å²) < 4.78 is 58.9. The molecular formula is C43H43BN7O10P. The predicted octanol–water partition coefficient (Wildman–Crippen LogP) is 4.65. The maximum atomic E-state index is 13.1. The first-order valence-electron chi connectivity index (χ1n) is 19.7. The molecule has 0 saturated carbocycles. The topological polar surface area (TPSA) is 187 Å². The van der Waals surface area contributed by atoms with E-state index in [1.54, 1.807) is 37.8 Å². The van der Waals surface area contributed by atoms with Gasteiger partial charge in [-0.25, -0.2) is 18.9 Å². The third-order valence-electron chi connectivity index (χ3n) is 11.0. The molecule has 0 spiro atoms. The summed E-state index contributed by atoms with van der Waals surface area (Å²) in [7, 11) is 1.61. The van der Waals surface area contributed by atoms with Gasteiger partial charge >= 0.3 is 14.9 Å². The second-order valence-electron chi connectivity index (χ2n) is 15.0. The van der Waals surface area contributed by atoms with Crippen molar-refractivity contribution in [1.82, 2.24) is 28.8 Å². The maximum absolute atomic E-state index is 13.1. The van der Waals surface area contributed by atoms with Gasteiger partial charge in [0.1, 0.15) is 41.7 Å². The number of methoxy groups -OCH3 is 2. The molecule has 5 atom stereocenters. The number of fused-ring (bicyclic) bond motifs is 2. The van der Waals surface area contributed by atoms with E-state index in [1.807, 2.05) is 91.0 Å². The van der Waals surface area contributed by atoms with Gasteiger partial charge in [-0.15, -0.1) is 0 Å². The molecule has 2 N–H and O–H groups in total. The zero-order chi connectivity index (χ0) is 43.0. The molecule has 0 aliphatic carbocycles. The standard InChI is InChI=1S/C43H43BN7O10P/c1-49(2)42-47-39-36(40(52)48-42)46-27-51(39)41-38-37(35(59-41)25-58-62(53,54)50-23-22-45-26-50)60-44(61-38)32-16-10-28(11-17-32)24-57-43(29-8-6-5-7-9-29,30-12-18-33(55-3)19-13-30)31-14-20-34(56-4)21-15-31/h5-23,26-27,35,37-38,41H,24-25H2,1-4H3,(H,53,54)(H,47,48,52)/t35-,37-,38-,41-/m1/s1. The Kier molecular flexibility index (Phi) is 11.3. The highest BCUT2D eigenvalue weighted by atomic mass is 31.2. The normalized spacial score (nSPS) is 19.7. The molecule has 2 saturated heterocycles. The van der Waals surface area contributed by atoms with Crippen LogP contribution in [0.15, 0.2) is 133 Å². The lowest BCUT2D eigenvalue weighted by Crippen LogP contribution is -2.37. The molecule has 2 aliphatic heterocycles. The van der Waals surface area contributed by atoms with Gasteiger partial charge in [-0.05, 0) is 52.0 Å². The fourth-order valence-corrected chi connectivity index (χ4v) is 8.73. The highest BCUT2D eigenvalue weighted by molar-refractivity contribution is 7.51. The van der Waals surface area contributed by atoms with Crippen molar-refractivity contribution in [1.29, 1.82) is 0 Å². The minimum atomic E-state index is -4.32. The smallest absolute Gasteiger partial charge is 0.494 e. The Bertz CT molecular complexity index is 2690. The first-order chi connectivity index (χ1) is 30.1. The van der Waals surface area contributed by atoms with Crippen molar-refractivity contribution < 1.29 is 42.2 Å². The highest BCUT2D eigenvalue weighted by Gasteiger charge is 2.56. The van der Waals surface area contributed by atoms with Crippen LogP contribution in [0.4, 0.5) is 5.95 Å². The van der Waals surface area contributed by atoms with Crippen molar-refractivity contribution in [3.8, 4) is 11.5 Å². The van der Waals surface area contributed by atoms with Crippen molar-refractivity contribution in [2.24, 2.45) is 0 Å². The van der Waals surface area contributed by atoms with Crippen molar-refractivity contribution in [2.75, 3.05) is 39.8 Å². The number of aromatic amines is 1. The SMILES string of the molecule is COc1ccc(C(OCc2ccc(B3O[C@@H]4[C@H](O3)[C@@H](COP(=O)(O)n3ccnc3)O[C@H]4n3cnc4c(=O)[nH]c(N(C)C)nc43)cc2)(c2ccccc2)c2ccc(OC)cc2)cc1. The monoisotopic (exact) mass is 859 g/mol. The van der Waals surface area contributed by atoms with E-state index in [4.69, 9.17) is 32.8 Å². The van der Waals surface area contributed by atoms with Gasteiger partial charge in [0.05, 0.1) is 33.8 Å². The van der Waals surface area contributed by atoms with Gasteiger partial charge in [0, 0.05) is 26.5 Å². The molecule has 1 unspecified atom stereocenters. The van der Waals surface area contributed by atoms with E-state index in [2.05, 4.69) is 32.1 Å². The van der Waals surface area contributed by atoms with Gasteiger partial charge in [0.25, 0.3) is 5.56 Å². The predicted molar refractivity (Wildman–Crippen MR) is 228 cm³/mol. The minimum absolute atomic E-state index is 0.110. The van der Waals surface area contributed by atoms with Crippen LogP contribution in [0.5, 0.6) is 11.5 Å². The molecule has 318 valence electrons. The molecule has 0 bridgehead atoms. The minimum Gasteiger partial charge on any atom is -0.497 e. The summed E-state index contributed by atoms with van der Waals surface area (Å²) in [6.45, 7) is -0.0990. The highest BCUT2D eigenvalue weighted by Crippen LogP contribution is 2.46. The Labute approximate surface area is 356 Å². The lowest BCUT2D eigenvalue weighted by Gasteiger charge is -2.36. The van der Waals surface area contributed by atoms with Crippen LogP contribution in [0.2, 0.25) is 0 Å². The average Bonchev–Trinajstić information content (AvgIpc) is 4.13. The summed E-state index contributed by atoms with van der Waals surface area (Å²) in [5.41, 5.74) is 3.30. The molecule has 62 heavy (non-hydrogen) atoms.